The van der Waals surface area contributed by atoms with Crippen LogP contribution in [0, 0.1) is 13.8 Å². The Hall–Kier alpha value is -2.87. The molecule has 1 saturated heterocycles. The smallest absolute Gasteiger partial charge is 0.294 e. The van der Waals surface area contributed by atoms with Crippen LogP contribution in [0.3, 0.4) is 0 Å². The van der Waals surface area contributed by atoms with Crippen LogP contribution >= 0.6 is 0 Å². The molecule has 1 aliphatic heterocycles. The lowest BCUT2D eigenvalue weighted by atomic mass is 10.2. The lowest BCUT2D eigenvalue weighted by Gasteiger charge is -2.31. The first kappa shape index (κ1) is 17.5. The summed E-state index contributed by atoms with van der Waals surface area (Å²) in [5.41, 5.74) is 1.85. The summed E-state index contributed by atoms with van der Waals surface area (Å²) in [6.45, 7) is 7.80. The third-order valence-electron chi connectivity index (χ3n) is 5.04. The van der Waals surface area contributed by atoms with Crippen LogP contribution in [0.2, 0.25) is 0 Å². The van der Waals surface area contributed by atoms with Crippen molar-refractivity contribution in [2.24, 2.45) is 7.05 Å². The number of fused-ring (bicyclic) bond motifs is 1. The van der Waals surface area contributed by atoms with Crippen molar-refractivity contribution >= 4 is 11.6 Å². The fourth-order valence-corrected chi connectivity index (χ4v) is 3.65. The first-order valence-corrected chi connectivity index (χ1v) is 9.04. The Morgan fingerprint density at radius 1 is 1.33 bits per heavy atom. The predicted octanol–water partition coefficient (Wildman–Crippen LogP) is 1.34. The largest absolute Gasteiger partial charge is 0.466 e. The minimum Gasteiger partial charge on any atom is -0.466 e. The van der Waals surface area contributed by atoms with Crippen molar-refractivity contribution in [3.63, 3.8) is 0 Å². The number of hydrogen-bond acceptors (Lipinski definition) is 5. The normalized spacial score (nSPS) is 17.6. The highest BCUT2D eigenvalue weighted by atomic mass is 16.3. The Labute approximate surface area is 156 Å². The van der Waals surface area contributed by atoms with Crippen LogP contribution in [0.4, 0.5) is 0 Å². The van der Waals surface area contributed by atoms with Crippen molar-refractivity contribution in [1.82, 2.24) is 24.2 Å². The first-order chi connectivity index (χ1) is 12.8. The number of aryl methyl sites for hydroxylation is 2. The van der Waals surface area contributed by atoms with E-state index in [0.29, 0.717) is 24.5 Å². The SMILES string of the molecule is Cc1cc(-c2cn3cc(C(=O)N4CCN[C@H](C)C4)nc3c(=O)n2C)c(C)o1. The van der Waals surface area contributed by atoms with E-state index in [1.54, 1.807) is 27.1 Å². The summed E-state index contributed by atoms with van der Waals surface area (Å²) >= 11 is 0. The second-order valence-corrected chi connectivity index (χ2v) is 7.17. The average Bonchev–Trinajstić information content (AvgIpc) is 3.20. The molecule has 1 N–H and O–H groups in total. The number of hydrogen-bond donors (Lipinski definition) is 1. The summed E-state index contributed by atoms with van der Waals surface area (Å²) in [7, 11) is 1.70. The van der Waals surface area contributed by atoms with Crippen LogP contribution in [-0.2, 0) is 7.05 Å². The predicted molar refractivity (Wildman–Crippen MR) is 101 cm³/mol. The van der Waals surface area contributed by atoms with Gasteiger partial charge in [-0.2, -0.15) is 0 Å². The fraction of sp³-hybridized carbons (Fsp3) is 0.421. The molecule has 0 saturated carbocycles. The minimum atomic E-state index is -0.251. The summed E-state index contributed by atoms with van der Waals surface area (Å²) in [4.78, 5) is 31.7. The number of furan rings is 1. The fourth-order valence-electron chi connectivity index (χ4n) is 3.65. The molecule has 142 valence electrons. The van der Waals surface area contributed by atoms with Crippen molar-refractivity contribution in [3.8, 4) is 11.3 Å². The van der Waals surface area contributed by atoms with Crippen LogP contribution < -0.4 is 10.9 Å². The number of carbonyl (C=O) groups is 1. The number of amides is 1. The van der Waals surface area contributed by atoms with E-state index in [-0.39, 0.29) is 23.2 Å². The molecule has 4 rings (SSSR count). The molecule has 0 bridgehead atoms. The molecule has 4 heterocycles. The first-order valence-electron chi connectivity index (χ1n) is 9.04. The van der Waals surface area contributed by atoms with Crippen molar-refractivity contribution in [2.45, 2.75) is 26.8 Å². The Balaban J connectivity index is 1.79. The molecule has 27 heavy (non-hydrogen) atoms. The van der Waals surface area contributed by atoms with Gasteiger partial charge in [0.15, 0.2) is 0 Å². The second kappa shape index (κ2) is 6.38. The Kier molecular flexibility index (Phi) is 4.15. The van der Waals surface area contributed by atoms with Gasteiger partial charge in [0.05, 0.1) is 5.69 Å². The van der Waals surface area contributed by atoms with Gasteiger partial charge in [0, 0.05) is 50.7 Å². The summed E-state index contributed by atoms with van der Waals surface area (Å²) in [6, 6.07) is 2.15. The number of nitrogens with one attached hydrogen (secondary N) is 1. The van der Waals surface area contributed by atoms with Gasteiger partial charge in [0.1, 0.15) is 17.2 Å². The van der Waals surface area contributed by atoms with Gasteiger partial charge >= 0.3 is 0 Å². The molecule has 1 atom stereocenters. The maximum atomic E-state index is 12.8. The lowest BCUT2D eigenvalue weighted by molar-refractivity contribution is 0.0704. The Morgan fingerprint density at radius 3 is 2.78 bits per heavy atom. The average molecular weight is 369 g/mol. The van der Waals surface area contributed by atoms with Gasteiger partial charge in [0.2, 0.25) is 5.65 Å². The van der Waals surface area contributed by atoms with Gasteiger partial charge in [-0.05, 0) is 26.8 Å². The number of carbonyl (C=O) groups excluding carboxylic acids is 1. The van der Waals surface area contributed by atoms with Gasteiger partial charge in [0.25, 0.3) is 11.5 Å². The van der Waals surface area contributed by atoms with Crippen LogP contribution in [0.1, 0.15) is 28.9 Å². The van der Waals surface area contributed by atoms with E-state index in [2.05, 4.69) is 10.3 Å². The maximum absolute atomic E-state index is 12.8. The summed E-state index contributed by atoms with van der Waals surface area (Å²) in [5.74, 6) is 1.38. The molecule has 0 unspecified atom stereocenters. The lowest BCUT2D eigenvalue weighted by Crippen LogP contribution is -2.51. The topological polar surface area (TPSA) is 84.8 Å². The van der Waals surface area contributed by atoms with Crippen LogP contribution in [0.15, 0.2) is 27.7 Å². The van der Waals surface area contributed by atoms with Crippen molar-refractivity contribution in [1.29, 1.82) is 0 Å². The molecule has 3 aromatic rings. The third kappa shape index (κ3) is 2.95. The Morgan fingerprint density at radius 2 is 2.11 bits per heavy atom. The second-order valence-electron chi connectivity index (χ2n) is 7.17. The van der Waals surface area contributed by atoms with Gasteiger partial charge < -0.3 is 19.2 Å². The van der Waals surface area contributed by atoms with Gasteiger partial charge in [-0.25, -0.2) is 4.98 Å². The number of imidazole rings is 1. The van der Waals surface area contributed by atoms with Gasteiger partial charge in [-0.3, -0.25) is 14.0 Å². The van der Waals surface area contributed by atoms with Crippen molar-refractivity contribution in [3.05, 3.63) is 46.0 Å². The number of piperazine rings is 1. The molecule has 8 heteroatoms. The standard InChI is InChI=1S/C19H23N5O3/c1-11-8-23(6-5-20-11)18(25)15-9-24-10-16(14-7-12(2)27-13(14)3)22(4)19(26)17(24)21-15/h7,9-11,20H,5-6,8H2,1-4H3/t11-/m1/s1. The molecule has 0 radical (unpaired) electrons. The molecule has 1 fully saturated rings. The minimum absolute atomic E-state index is 0.147. The van der Waals surface area contributed by atoms with Crippen LogP contribution in [0.25, 0.3) is 16.9 Å². The molecule has 3 aromatic heterocycles. The monoisotopic (exact) mass is 369 g/mol. The third-order valence-corrected chi connectivity index (χ3v) is 5.04. The van der Waals surface area contributed by atoms with E-state index in [4.69, 9.17) is 4.42 Å². The zero-order valence-electron chi connectivity index (χ0n) is 15.9. The van der Waals surface area contributed by atoms with E-state index in [1.165, 1.54) is 0 Å². The number of nitrogens with zero attached hydrogens (tertiary/aromatic N) is 4. The summed E-state index contributed by atoms with van der Waals surface area (Å²) in [6.07, 6.45) is 3.45. The van der Waals surface area contributed by atoms with E-state index in [1.807, 2.05) is 33.0 Å². The van der Waals surface area contributed by atoms with Crippen molar-refractivity contribution < 1.29 is 9.21 Å². The quantitative estimate of drug-likeness (QED) is 0.737. The van der Waals surface area contributed by atoms with E-state index < -0.39 is 0 Å². The van der Waals surface area contributed by atoms with E-state index in [0.717, 1.165) is 23.6 Å². The molecular formula is C19H23N5O3. The van der Waals surface area contributed by atoms with Gasteiger partial charge in [-0.15, -0.1) is 0 Å². The number of rotatable bonds is 2. The molecule has 0 aromatic carbocycles. The number of aromatic nitrogens is 3. The molecule has 8 nitrogen and oxygen atoms in total. The highest BCUT2D eigenvalue weighted by Crippen LogP contribution is 2.25. The zero-order chi connectivity index (χ0) is 19.3. The molecule has 0 spiro atoms. The van der Waals surface area contributed by atoms with Crippen LogP contribution in [-0.4, -0.2) is 50.4 Å². The van der Waals surface area contributed by atoms with Gasteiger partial charge in [-0.1, -0.05) is 0 Å². The molecule has 1 aliphatic rings. The molecular weight excluding hydrogens is 346 g/mol. The van der Waals surface area contributed by atoms with Crippen LogP contribution in [0.5, 0.6) is 0 Å². The highest BCUT2D eigenvalue weighted by Gasteiger charge is 2.24. The van der Waals surface area contributed by atoms with E-state index in [9.17, 15) is 9.59 Å². The molecule has 1 amide bonds. The summed E-state index contributed by atoms with van der Waals surface area (Å²) < 4.78 is 8.78. The van der Waals surface area contributed by atoms with Crippen molar-refractivity contribution in [2.75, 3.05) is 19.6 Å². The molecule has 0 aliphatic carbocycles. The highest BCUT2D eigenvalue weighted by molar-refractivity contribution is 5.93. The van der Waals surface area contributed by atoms with E-state index >= 15 is 0 Å². The maximum Gasteiger partial charge on any atom is 0.294 e. The summed E-state index contributed by atoms with van der Waals surface area (Å²) in [5, 5.41) is 3.31. The Bertz CT molecular complexity index is 1090. The zero-order valence-corrected chi connectivity index (χ0v) is 15.9.